The normalized spacial score (nSPS) is 15.4. The molecule has 0 saturated carbocycles. The lowest BCUT2D eigenvalue weighted by molar-refractivity contribution is -0.132. The molecule has 0 aromatic carbocycles. The van der Waals surface area contributed by atoms with Gasteiger partial charge in [0.1, 0.15) is 0 Å². The molecule has 0 rings (SSSR count). The van der Waals surface area contributed by atoms with Gasteiger partial charge in [-0.15, -0.1) is 0 Å². The van der Waals surface area contributed by atoms with Crippen LogP contribution in [0.3, 0.4) is 0 Å². The Balaban J connectivity index is 4.43. The van der Waals surface area contributed by atoms with Gasteiger partial charge in [-0.25, -0.2) is 0 Å². The Morgan fingerprint density at radius 3 is 2.12 bits per heavy atom. The summed E-state index contributed by atoms with van der Waals surface area (Å²) in [4.78, 5) is 13.9. The molecule has 0 bridgehead atoms. The van der Waals surface area contributed by atoms with Crippen molar-refractivity contribution in [1.82, 2.24) is 4.90 Å². The van der Waals surface area contributed by atoms with Crippen LogP contribution in [0, 0.1) is 11.3 Å². The molecule has 16 heavy (non-hydrogen) atoms. The minimum Gasteiger partial charge on any atom is -0.392 e. The Bertz CT molecular complexity index is 271. The first-order chi connectivity index (χ1) is 7.07. The number of nitrogens with two attached hydrogens (primary N) is 1. The first-order valence-corrected chi connectivity index (χ1v) is 6.03. The van der Waals surface area contributed by atoms with Gasteiger partial charge in [0, 0.05) is 13.5 Å². The third kappa shape index (κ3) is 4.47. The summed E-state index contributed by atoms with van der Waals surface area (Å²) in [5.74, 6) is 0.434. The molecule has 0 aliphatic heterocycles. The molecule has 2 atom stereocenters. The number of hydrogen-bond acceptors (Lipinski definition) is 2. The second kappa shape index (κ2) is 5.62. The number of carbonyl (C=O) groups is 1. The van der Waals surface area contributed by atoms with E-state index in [0.29, 0.717) is 17.3 Å². The number of likely N-dealkylation sites (N-methyl/N-ethyl adjacent to an activating group) is 1. The monoisotopic (exact) mass is 244 g/mol. The fourth-order valence-electron chi connectivity index (χ4n) is 1.12. The average molecular weight is 244 g/mol. The van der Waals surface area contributed by atoms with Crippen LogP contribution in [0.1, 0.15) is 41.0 Å². The number of thiocarbonyl (C=S) groups is 1. The highest BCUT2D eigenvalue weighted by molar-refractivity contribution is 7.80. The Hall–Kier alpha value is -0.640. The predicted molar refractivity (Wildman–Crippen MR) is 72.3 cm³/mol. The Kier molecular flexibility index (Phi) is 5.39. The standard InChI is InChI=1S/C12H24N2OS/c1-8(12(3,4)5)7-10(15)14(6)9(2)11(13)16/h8-9H,7H2,1-6H3,(H2,13,16). The van der Waals surface area contributed by atoms with Crippen LogP contribution in [0.2, 0.25) is 0 Å². The topological polar surface area (TPSA) is 46.3 Å². The van der Waals surface area contributed by atoms with Crippen molar-refractivity contribution in [2.45, 2.75) is 47.1 Å². The third-order valence-corrected chi connectivity index (χ3v) is 3.69. The van der Waals surface area contributed by atoms with Crippen LogP contribution in [-0.2, 0) is 4.79 Å². The highest BCUT2D eigenvalue weighted by atomic mass is 32.1. The van der Waals surface area contributed by atoms with Gasteiger partial charge in [0.05, 0.1) is 11.0 Å². The molecule has 0 heterocycles. The molecule has 3 nitrogen and oxygen atoms in total. The van der Waals surface area contributed by atoms with Crippen molar-refractivity contribution in [1.29, 1.82) is 0 Å². The van der Waals surface area contributed by atoms with E-state index in [1.54, 1.807) is 11.9 Å². The highest BCUT2D eigenvalue weighted by Crippen LogP contribution is 2.28. The number of hydrogen-bond donors (Lipinski definition) is 1. The molecular formula is C12H24N2OS. The second-order valence-electron chi connectivity index (χ2n) is 5.55. The van der Waals surface area contributed by atoms with Crippen LogP contribution < -0.4 is 5.73 Å². The van der Waals surface area contributed by atoms with Crippen molar-refractivity contribution in [3.8, 4) is 0 Å². The smallest absolute Gasteiger partial charge is 0.223 e. The summed E-state index contributed by atoms with van der Waals surface area (Å²) in [6.45, 7) is 10.4. The van der Waals surface area contributed by atoms with Crippen LogP contribution in [0.25, 0.3) is 0 Å². The summed E-state index contributed by atoms with van der Waals surface area (Å²) in [6, 6.07) is -0.172. The molecule has 2 unspecified atom stereocenters. The summed E-state index contributed by atoms with van der Waals surface area (Å²) in [5, 5.41) is 0. The van der Waals surface area contributed by atoms with E-state index in [1.807, 2.05) is 6.92 Å². The maximum Gasteiger partial charge on any atom is 0.223 e. The fraction of sp³-hybridized carbons (Fsp3) is 0.833. The van der Waals surface area contributed by atoms with Crippen molar-refractivity contribution < 1.29 is 4.79 Å². The number of rotatable bonds is 4. The molecule has 0 aliphatic rings. The second-order valence-corrected chi connectivity index (χ2v) is 6.03. The zero-order valence-electron chi connectivity index (χ0n) is 11.2. The maximum absolute atomic E-state index is 12.0. The largest absolute Gasteiger partial charge is 0.392 e. The van der Waals surface area contributed by atoms with E-state index in [-0.39, 0.29) is 17.4 Å². The van der Waals surface area contributed by atoms with Crippen LogP contribution in [-0.4, -0.2) is 28.9 Å². The van der Waals surface area contributed by atoms with Crippen molar-refractivity contribution in [2.24, 2.45) is 17.1 Å². The number of nitrogens with zero attached hydrogens (tertiary/aromatic N) is 1. The summed E-state index contributed by atoms with van der Waals surface area (Å²) < 4.78 is 0. The Morgan fingerprint density at radius 2 is 1.81 bits per heavy atom. The molecule has 2 N–H and O–H groups in total. The Labute approximate surface area is 104 Å². The summed E-state index contributed by atoms with van der Waals surface area (Å²) >= 11 is 4.88. The lowest BCUT2D eigenvalue weighted by atomic mass is 9.80. The van der Waals surface area contributed by atoms with Gasteiger partial charge in [0.15, 0.2) is 0 Å². The summed E-state index contributed by atoms with van der Waals surface area (Å²) in [6.07, 6.45) is 0.535. The van der Waals surface area contributed by atoms with Gasteiger partial charge >= 0.3 is 0 Å². The van der Waals surface area contributed by atoms with E-state index in [2.05, 4.69) is 27.7 Å². The first-order valence-electron chi connectivity index (χ1n) is 5.62. The van der Waals surface area contributed by atoms with Crippen molar-refractivity contribution in [3.05, 3.63) is 0 Å². The lowest BCUT2D eigenvalue weighted by Crippen LogP contribution is -2.43. The van der Waals surface area contributed by atoms with E-state index in [9.17, 15) is 4.79 Å². The third-order valence-electron chi connectivity index (χ3n) is 3.35. The zero-order chi connectivity index (χ0) is 13.1. The van der Waals surface area contributed by atoms with E-state index in [0.717, 1.165) is 0 Å². The molecule has 0 fully saturated rings. The quantitative estimate of drug-likeness (QED) is 0.771. The molecule has 0 radical (unpaired) electrons. The predicted octanol–water partition coefficient (Wildman–Crippen LogP) is 2.19. The van der Waals surface area contributed by atoms with Crippen LogP contribution in [0.15, 0.2) is 0 Å². The fourth-order valence-corrected chi connectivity index (χ4v) is 1.28. The molecule has 0 saturated heterocycles. The SMILES string of the molecule is CC(C(N)=S)N(C)C(=O)CC(C)C(C)(C)C. The zero-order valence-corrected chi connectivity index (χ0v) is 12.0. The average Bonchev–Trinajstić information content (AvgIpc) is 2.13. The minimum absolute atomic E-state index is 0.0997. The van der Waals surface area contributed by atoms with E-state index in [4.69, 9.17) is 18.0 Å². The molecule has 4 heteroatoms. The van der Waals surface area contributed by atoms with Gasteiger partial charge in [-0.2, -0.15) is 0 Å². The van der Waals surface area contributed by atoms with Gasteiger partial charge in [-0.1, -0.05) is 39.9 Å². The molecule has 0 aromatic rings. The van der Waals surface area contributed by atoms with E-state index in [1.165, 1.54) is 0 Å². The highest BCUT2D eigenvalue weighted by Gasteiger charge is 2.25. The summed E-state index contributed by atoms with van der Waals surface area (Å²) in [5.41, 5.74) is 5.67. The van der Waals surface area contributed by atoms with Gasteiger partial charge in [-0.05, 0) is 18.3 Å². The van der Waals surface area contributed by atoms with E-state index >= 15 is 0 Å². The number of amides is 1. The Morgan fingerprint density at radius 1 is 1.38 bits per heavy atom. The van der Waals surface area contributed by atoms with Crippen molar-refractivity contribution in [3.63, 3.8) is 0 Å². The lowest BCUT2D eigenvalue weighted by Gasteiger charge is -2.30. The van der Waals surface area contributed by atoms with Crippen LogP contribution in [0.4, 0.5) is 0 Å². The van der Waals surface area contributed by atoms with Crippen molar-refractivity contribution >= 4 is 23.1 Å². The first kappa shape index (κ1) is 15.4. The van der Waals surface area contributed by atoms with Gasteiger partial charge in [0.25, 0.3) is 0 Å². The minimum atomic E-state index is -0.172. The molecular weight excluding hydrogens is 220 g/mol. The van der Waals surface area contributed by atoms with Crippen LogP contribution in [0.5, 0.6) is 0 Å². The number of carbonyl (C=O) groups excluding carboxylic acids is 1. The van der Waals surface area contributed by atoms with Crippen molar-refractivity contribution in [2.75, 3.05) is 7.05 Å². The molecule has 1 amide bonds. The summed E-state index contributed by atoms with van der Waals surface area (Å²) in [7, 11) is 1.75. The van der Waals surface area contributed by atoms with Gasteiger partial charge in [0.2, 0.25) is 5.91 Å². The van der Waals surface area contributed by atoms with E-state index < -0.39 is 0 Å². The molecule has 0 aromatic heterocycles. The molecule has 94 valence electrons. The molecule has 0 spiro atoms. The van der Waals surface area contributed by atoms with Gasteiger partial charge in [-0.3, -0.25) is 4.79 Å². The van der Waals surface area contributed by atoms with Crippen LogP contribution >= 0.6 is 12.2 Å². The van der Waals surface area contributed by atoms with Gasteiger partial charge < -0.3 is 10.6 Å². The maximum atomic E-state index is 12.0. The molecule has 0 aliphatic carbocycles.